The summed E-state index contributed by atoms with van der Waals surface area (Å²) in [6.07, 6.45) is -1.19. The molecule has 0 aromatic heterocycles. The number of rotatable bonds is 9. The topological polar surface area (TPSA) is 106 Å². The van der Waals surface area contributed by atoms with Crippen LogP contribution >= 0.6 is 0 Å². The van der Waals surface area contributed by atoms with Crippen LogP contribution in [0.5, 0.6) is 0 Å². The Morgan fingerprint density at radius 3 is 2.29 bits per heavy atom. The van der Waals surface area contributed by atoms with Crippen molar-refractivity contribution < 1.29 is 24.1 Å². The van der Waals surface area contributed by atoms with E-state index in [0.29, 0.717) is 26.2 Å². The molecule has 0 amide bonds. The summed E-state index contributed by atoms with van der Waals surface area (Å²) in [5, 5.41) is 13.7. The maximum absolute atomic E-state index is 10.0. The Hall–Kier alpha value is -2.45. The molecule has 2 aliphatic rings. The van der Waals surface area contributed by atoms with Gasteiger partial charge in [0, 0.05) is 11.3 Å². The summed E-state index contributed by atoms with van der Waals surface area (Å²) in [4.78, 5) is 2.83. The third-order valence-electron chi connectivity index (χ3n) is 5.79. The minimum atomic E-state index is -0.765. The van der Waals surface area contributed by atoms with E-state index in [9.17, 15) is 5.11 Å². The van der Waals surface area contributed by atoms with Crippen molar-refractivity contribution in [1.29, 1.82) is 0 Å². The molecule has 0 radical (unpaired) electrons. The van der Waals surface area contributed by atoms with Crippen molar-refractivity contribution in [3.8, 4) is 0 Å². The van der Waals surface area contributed by atoms with E-state index < -0.39 is 23.9 Å². The van der Waals surface area contributed by atoms with Crippen LogP contribution in [0, 0.1) is 0 Å². The molecule has 2 saturated heterocycles. The molecule has 0 unspecified atom stereocenters. The molecular formula is C23H27N3O5. The standard InChI is InChI=1S/C23H27N3O5/c24-26-25-12-19-11-23(16-30-19)22(29-15-18-9-5-2-6-10-18)21(20(13-27)31-23)28-14-17-7-3-1-4-8-17/h1-10,19-22,27H,11-16H2/t19-,20-,21-,22+,23+/m1/s1. The second kappa shape index (κ2) is 10.2. The largest absolute Gasteiger partial charge is 0.394 e. The minimum absolute atomic E-state index is 0.187. The highest BCUT2D eigenvalue weighted by atomic mass is 16.6. The lowest BCUT2D eigenvalue weighted by Gasteiger charge is -2.30. The van der Waals surface area contributed by atoms with Gasteiger partial charge in [0.2, 0.25) is 0 Å². The van der Waals surface area contributed by atoms with Gasteiger partial charge >= 0.3 is 0 Å². The van der Waals surface area contributed by atoms with Crippen LogP contribution in [0.25, 0.3) is 10.4 Å². The van der Waals surface area contributed by atoms with Crippen LogP contribution in [0.1, 0.15) is 17.5 Å². The first-order chi connectivity index (χ1) is 15.2. The molecule has 1 N–H and O–H groups in total. The number of aliphatic hydroxyl groups is 1. The van der Waals surface area contributed by atoms with Crippen molar-refractivity contribution in [2.75, 3.05) is 19.8 Å². The number of aliphatic hydroxyl groups excluding tert-OH is 1. The molecule has 2 aromatic rings. The average Bonchev–Trinajstić information content (AvgIpc) is 3.36. The molecule has 2 aliphatic heterocycles. The van der Waals surface area contributed by atoms with E-state index >= 15 is 0 Å². The normalized spacial score (nSPS) is 29.8. The summed E-state index contributed by atoms with van der Waals surface area (Å²) in [5.41, 5.74) is 9.95. The zero-order valence-electron chi connectivity index (χ0n) is 17.2. The lowest BCUT2D eigenvalue weighted by atomic mass is 9.91. The maximum atomic E-state index is 10.0. The van der Waals surface area contributed by atoms with Crippen LogP contribution in [-0.4, -0.2) is 54.9 Å². The fourth-order valence-corrected chi connectivity index (χ4v) is 4.33. The second-order valence-corrected chi connectivity index (χ2v) is 7.93. The van der Waals surface area contributed by atoms with Gasteiger partial charge in [0.15, 0.2) is 0 Å². The number of ether oxygens (including phenoxy) is 4. The third kappa shape index (κ3) is 5.07. The average molecular weight is 425 g/mol. The van der Waals surface area contributed by atoms with Crippen LogP contribution in [0.4, 0.5) is 0 Å². The molecule has 0 saturated carbocycles. The van der Waals surface area contributed by atoms with Gasteiger partial charge in [-0.3, -0.25) is 0 Å². The summed E-state index contributed by atoms with van der Waals surface area (Å²) in [5.74, 6) is 0. The lowest BCUT2D eigenvalue weighted by molar-refractivity contribution is -0.117. The first kappa shape index (κ1) is 21.8. The lowest BCUT2D eigenvalue weighted by Crippen LogP contribution is -2.46. The second-order valence-electron chi connectivity index (χ2n) is 7.93. The molecule has 0 aliphatic carbocycles. The quantitative estimate of drug-likeness (QED) is 0.377. The Bertz CT molecular complexity index is 877. The van der Waals surface area contributed by atoms with Crippen molar-refractivity contribution in [2.45, 2.75) is 49.7 Å². The number of azide groups is 1. The predicted octanol–water partition coefficient (Wildman–Crippen LogP) is 3.39. The molecule has 8 nitrogen and oxygen atoms in total. The van der Waals surface area contributed by atoms with Gasteiger partial charge in [-0.05, 0) is 16.7 Å². The zero-order valence-corrected chi connectivity index (χ0v) is 17.2. The van der Waals surface area contributed by atoms with Gasteiger partial charge in [0.1, 0.15) is 23.9 Å². The Morgan fingerprint density at radius 1 is 1.03 bits per heavy atom. The Labute approximate surface area is 181 Å². The summed E-state index contributed by atoms with van der Waals surface area (Å²) < 4.78 is 24.8. The molecule has 0 bridgehead atoms. The summed E-state index contributed by atoms with van der Waals surface area (Å²) in [6, 6.07) is 19.8. The van der Waals surface area contributed by atoms with Gasteiger partial charge in [0.05, 0.1) is 39.1 Å². The first-order valence-corrected chi connectivity index (χ1v) is 10.5. The van der Waals surface area contributed by atoms with E-state index in [1.54, 1.807) is 0 Å². The van der Waals surface area contributed by atoms with Crippen molar-refractivity contribution >= 4 is 0 Å². The molecule has 164 valence electrons. The van der Waals surface area contributed by atoms with Crippen LogP contribution in [0.15, 0.2) is 65.8 Å². The van der Waals surface area contributed by atoms with E-state index in [1.165, 1.54) is 0 Å². The minimum Gasteiger partial charge on any atom is -0.394 e. The summed E-state index contributed by atoms with van der Waals surface area (Å²) in [6.45, 7) is 1.11. The Balaban J connectivity index is 1.53. The zero-order chi connectivity index (χ0) is 21.5. The SMILES string of the molecule is [N-]=[N+]=NC[C@H]1C[C@@]2(CO1)O[C@H](CO)[C@@H](OCc1ccccc1)[C@@H]2OCc1ccccc1. The maximum Gasteiger partial charge on any atom is 0.123 e. The van der Waals surface area contributed by atoms with Gasteiger partial charge in [-0.1, -0.05) is 65.8 Å². The van der Waals surface area contributed by atoms with Gasteiger partial charge in [-0.25, -0.2) is 0 Å². The number of hydrogen-bond acceptors (Lipinski definition) is 6. The van der Waals surface area contributed by atoms with Crippen LogP contribution in [0.3, 0.4) is 0 Å². The Morgan fingerprint density at radius 2 is 1.68 bits per heavy atom. The molecule has 8 heteroatoms. The highest BCUT2D eigenvalue weighted by Crippen LogP contribution is 2.43. The predicted molar refractivity (Wildman–Crippen MR) is 113 cm³/mol. The van der Waals surface area contributed by atoms with Crippen LogP contribution in [0.2, 0.25) is 0 Å². The molecule has 1 spiro atoms. The molecule has 5 atom stereocenters. The van der Waals surface area contributed by atoms with E-state index in [2.05, 4.69) is 10.0 Å². The molecule has 2 fully saturated rings. The first-order valence-electron chi connectivity index (χ1n) is 10.5. The number of hydrogen-bond donors (Lipinski definition) is 1. The molecular weight excluding hydrogens is 398 g/mol. The molecule has 2 aromatic carbocycles. The summed E-state index contributed by atoms with van der Waals surface area (Å²) >= 11 is 0. The van der Waals surface area contributed by atoms with Crippen LogP contribution < -0.4 is 0 Å². The van der Waals surface area contributed by atoms with Crippen LogP contribution in [-0.2, 0) is 32.2 Å². The number of benzene rings is 2. The fraction of sp³-hybridized carbons (Fsp3) is 0.478. The third-order valence-corrected chi connectivity index (χ3v) is 5.79. The van der Waals surface area contributed by atoms with E-state index in [4.69, 9.17) is 24.5 Å². The smallest absolute Gasteiger partial charge is 0.123 e. The van der Waals surface area contributed by atoms with Gasteiger partial charge in [0.25, 0.3) is 0 Å². The fourth-order valence-electron chi connectivity index (χ4n) is 4.33. The highest BCUT2D eigenvalue weighted by molar-refractivity contribution is 5.16. The van der Waals surface area contributed by atoms with Gasteiger partial charge in [-0.15, -0.1) is 0 Å². The van der Waals surface area contributed by atoms with Gasteiger partial charge in [-0.2, -0.15) is 0 Å². The van der Waals surface area contributed by atoms with E-state index in [0.717, 1.165) is 11.1 Å². The van der Waals surface area contributed by atoms with Crippen molar-refractivity contribution in [3.05, 3.63) is 82.2 Å². The summed E-state index contributed by atoms with van der Waals surface area (Å²) in [7, 11) is 0. The van der Waals surface area contributed by atoms with E-state index in [-0.39, 0.29) is 19.3 Å². The Kier molecular flexibility index (Phi) is 7.19. The highest BCUT2D eigenvalue weighted by Gasteiger charge is 2.59. The molecule has 2 heterocycles. The van der Waals surface area contributed by atoms with Gasteiger partial charge < -0.3 is 24.1 Å². The molecule has 31 heavy (non-hydrogen) atoms. The van der Waals surface area contributed by atoms with Crippen molar-refractivity contribution in [2.24, 2.45) is 5.11 Å². The molecule has 4 rings (SSSR count). The number of nitrogens with zero attached hydrogens (tertiary/aromatic N) is 3. The van der Waals surface area contributed by atoms with E-state index in [1.807, 2.05) is 60.7 Å². The van der Waals surface area contributed by atoms with Crippen molar-refractivity contribution in [1.82, 2.24) is 0 Å². The van der Waals surface area contributed by atoms with Crippen molar-refractivity contribution in [3.63, 3.8) is 0 Å². The monoisotopic (exact) mass is 425 g/mol.